The molecule has 0 spiro atoms. The number of hydrogen-bond acceptors (Lipinski definition) is 4. The molecule has 0 saturated carbocycles. The Morgan fingerprint density at radius 3 is 2.40 bits per heavy atom. The molecule has 0 atom stereocenters. The minimum Gasteiger partial charge on any atom is -0.450 e. The number of nitro groups is 1. The van der Waals surface area contributed by atoms with E-state index in [0.717, 1.165) is 15.6 Å². The molecule has 0 amide bonds. The summed E-state index contributed by atoms with van der Waals surface area (Å²) in [6.07, 6.45) is 0. The number of hydrogen-bond donors (Lipinski definition) is 1. The summed E-state index contributed by atoms with van der Waals surface area (Å²) < 4.78 is 6.62. The van der Waals surface area contributed by atoms with Crippen molar-refractivity contribution in [3.8, 4) is 11.5 Å². The van der Waals surface area contributed by atoms with Gasteiger partial charge in [-0.3, -0.25) is 10.1 Å². The van der Waals surface area contributed by atoms with Gasteiger partial charge >= 0.3 is 5.69 Å². The lowest BCUT2D eigenvalue weighted by molar-refractivity contribution is -0.384. The molecule has 0 aromatic heterocycles. The highest BCUT2D eigenvalue weighted by Crippen LogP contribution is 2.37. The lowest BCUT2D eigenvalue weighted by Gasteiger charge is -2.10. The van der Waals surface area contributed by atoms with Gasteiger partial charge in [0.05, 0.1) is 4.92 Å². The maximum atomic E-state index is 11.1. The van der Waals surface area contributed by atoms with E-state index < -0.39 is 4.92 Å². The number of nitro benzene ring substituents is 1. The highest BCUT2D eigenvalue weighted by atomic mass is 79.9. The Balaban J connectivity index is 2.45. The molecule has 0 heterocycles. The Labute approximate surface area is 124 Å². The molecule has 2 rings (SSSR count). The molecule has 104 valence electrons. The monoisotopic (exact) mass is 336 g/mol. The largest absolute Gasteiger partial charge is 0.450 e. The van der Waals surface area contributed by atoms with Gasteiger partial charge in [-0.25, -0.2) is 0 Å². The van der Waals surface area contributed by atoms with Crippen molar-refractivity contribution in [3.05, 3.63) is 56.0 Å². The van der Waals surface area contributed by atoms with Gasteiger partial charge in [0.2, 0.25) is 5.75 Å². The van der Waals surface area contributed by atoms with Crippen molar-refractivity contribution in [3.63, 3.8) is 0 Å². The molecule has 0 bridgehead atoms. The van der Waals surface area contributed by atoms with Crippen LogP contribution in [-0.4, -0.2) is 4.92 Å². The Bertz CT molecular complexity index is 663. The summed E-state index contributed by atoms with van der Waals surface area (Å²) in [5.41, 5.74) is 7.48. The SMILES string of the molecule is Cc1cc(Oc2cccc(N)c2[N+](=O)[O-])cc(C)c1Br. The van der Waals surface area contributed by atoms with Gasteiger partial charge in [-0.15, -0.1) is 0 Å². The van der Waals surface area contributed by atoms with Crippen LogP contribution in [-0.2, 0) is 0 Å². The van der Waals surface area contributed by atoms with E-state index in [1.807, 2.05) is 26.0 Å². The molecule has 6 heteroatoms. The van der Waals surface area contributed by atoms with Crippen LogP contribution in [0.2, 0.25) is 0 Å². The van der Waals surface area contributed by atoms with Gasteiger partial charge in [0.1, 0.15) is 11.4 Å². The molecule has 2 aromatic carbocycles. The third-order valence-corrected chi connectivity index (χ3v) is 4.10. The van der Waals surface area contributed by atoms with Crippen molar-refractivity contribution in [2.75, 3.05) is 5.73 Å². The first kappa shape index (κ1) is 14.3. The summed E-state index contributed by atoms with van der Waals surface area (Å²) in [5.74, 6) is 0.674. The predicted molar refractivity (Wildman–Crippen MR) is 81.2 cm³/mol. The molecule has 0 radical (unpaired) electrons. The molecular weight excluding hydrogens is 324 g/mol. The average molecular weight is 337 g/mol. The molecule has 5 nitrogen and oxygen atoms in total. The fraction of sp³-hybridized carbons (Fsp3) is 0.143. The van der Waals surface area contributed by atoms with Gasteiger partial charge in [0.15, 0.2) is 0 Å². The molecule has 0 aliphatic rings. The van der Waals surface area contributed by atoms with E-state index in [9.17, 15) is 10.1 Å². The van der Waals surface area contributed by atoms with Crippen LogP contribution in [0.25, 0.3) is 0 Å². The summed E-state index contributed by atoms with van der Waals surface area (Å²) in [4.78, 5) is 10.5. The number of benzene rings is 2. The molecule has 0 saturated heterocycles. The summed E-state index contributed by atoms with van der Waals surface area (Å²) >= 11 is 3.46. The van der Waals surface area contributed by atoms with Crippen LogP contribution in [0.4, 0.5) is 11.4 Å². The fourth-order valence-electron chi connectivity index (χ4n) is 1.91. The van der Waals surface area contributed by atoms with Crippen molar-refractivity contribution in [1.82, 2.24) is 0 Å². The van der Waals surface area contributed by atoms with Crippen molar-refractivity contribution in [2.45, 2.75) is 13.8 Å². The average Bonchev–Trinajstić information content (AvgIpc) is 2.35. The van der Waals surface area contributed by atoms with Gasteiger partial charge in [-0.2, -0.15) is 0 Å². The molecular formula is C14H13BrN2O3. The zero-order valence-electron chi connectivity index (χ0n) is 11.0. The molecule has 0 fully saturated rings. The fourth-order valence-corrected chi connectivity index (χ4v) is 2.14. The molecule has 0 aliphatic carbocycles. The number of rotatable bonds is 3. The van der Waals surface area contributed by atoms with E-state index in [4.69, 9.17) is 10.5 Å². The standard InChI is InChI=1S/C14H13BrN2O3/c1-8-6-10(7-9(2)13(8)15)20-12-5-3-4-11(16)14(12)17(18)19/h3-7H,16H2,1-2H3. The number of halogens is 1. The maximum Gasteiger partial charge on any atom is 0.334 e. The van der Waals surface area contributed by atoms with Crippen molar-refractivity contribution >= 4 is 27.3 Å². The topological polar surface area (TPSA) is 78.4 Å². The number of aryl methyl sites for hydroxylation is 2. The Hall–Kier alpha value is -2.08. The zero-order valence-corrected chi connectivity index (χ0v) is 12.6. The number of nitrogens with two attached hydrogens (primary N) is 1. The van der Waals surface area contributed by atoms with Crippen molar-refractivity contribution in [1.29, 1.82) is 0 Å². The van der Waals surface area contributed by atoms with Gasteiger partial charge in [-0.1, -0.05) is 22.0 Å². The second kappa shape index (κ2) is 5.50. The van der Waals surface area contributed by atoms with Crippen LogP contribution in [0.15, 0.2) is 34.8 Å². The normalized spacial score (nSPS) is 10.3. The number of nitrogen functional groups attached to an aromatic ring is 1. The quantitative estimate of drug-likeness (QED) is 0.513. The van der Waals surface area contributed by atoms with Crippen LogP contribution in [0.5, 0.6) is 11.5 Å². The second-order valence-electron chi connectivity index (χ2n) is 4.42. The van der Waals surface area contributed by atoms with Crippen LogP contribution < -0.4 is 10.5 Å². The lowest BCUT2D eigenvalue weighted by atomic mass is 10.1. The molecule has 2 N–H and O–H groups in total. The highest BCUT2D eigenvalue weighted by Gasteiger charge is 2.20. The van der Waals surface area contributed by atoms with Crippen LogP contribution >= 0.6 is 15.9 Å². The lowest BCUT2D eigenvalue weighted by Crippen LogP contribution is -1.98. The van der Waals surface area contributed by atoms with Gasteiger partial charge in [-0.05, 0) is 49.2 Å². The Morgan fingerprint density at radius 1 is 1.25 bits per heavy atom. The zero-order chi connectivity index (χ0) is 14.9. The summed E-state index contributed by atoms with van der Waals surface area (Å²) in [6.45, 7) is 3.86. The van der Waals surface area contributed by atoms with E-state index in [-0.39, 0.29) is 17.1 Å². The Kier molecular flexibility index (Phi) is 3.94. The molecule has 0 unspecified atom stereocenters. The molecule has 0 aliphatic heterocycles. The van der Waals surface area contributed by atoms with Gasteiger partial charge < -0.3 is 10.5 Å². The summed E-state index contributed by atoms with van der Waals surface area (Å²) in [6, 6.07) is 8.24. The minimum atomic E-state index is -0.538. The number of para-hydroxylation sites is 1. The summed E-state index contributed by atoms with van der Waals surface area (Å²) in [7, 11) is 0. The third kappa shape index (κ3) is 2.75. The van der Waals surface area contributed by atoms with E-state index in [1.54, 1.807) is 6.07 Å². The maximum absolute atomic E-state index is 11.1. The number of nitrogens with zero attached hydrogens (tertiary/aromatic N) is 1. The van der Waals surface area contributed by atoms with E-state index in [1.165, 1.54) is 12.1 Å². The van der Waals surface area contributed by atoms with Crippen LogP contribution in [0.3, 0.4) is 0 Å². The van der Waals surface area contributed by atoms with Gasteiger partial charge in [0.25, 0.3) is 0 Å². The summed E-state index contributed by atoms with van der Waals surface area (Å²) in [5, 5.41) is 11.1. The smallest absolute Gasteiger partial charge is 0.334 e. The van der Waals surface area contributed by atoms with E-state index in [0.29, 0.717) is 5.75 Å². The second-order valence-corrected chi connectivity index (χ2v) is 5.22. The van der Waals surface area contributed by atoms with Gasteiger partial charge in [0, 0.05) is 4.47 Å². The first-order valence-electron chi connectivity index (χ1n) is 5.87. The molecule has 20 heavy (non-hydrogen) atoms. The first-order chi connectivity index (χ1) is 9.40. The van der Waals surface area contributed by atoms with Crippen molar-refractivity contribution < 1.29 is 9.66 Å². The number of ether oxygens (including phenoxy) is 1. The predicted octanol–water partition coefficient (Wildman–Crippen LogP) is 4.35. The van der Waals surface area contributed by atoms with Crippen LogP contribution in [0.1, 0.15) is 11.1 Å². The minimum absolute atomic E-state index is 0.0815. The van der Waals surface area contributed by atoms with E-state index >= 15 is 0 Å². The Morgan fingerprint density at radius 2 is 1.85 bits per heavy atom. The van der Waals surface area contributed by atoms with E-state index in [2.05, 4.69) is 15.9 Å². The highest BCUT2D eigenvalue weighted by molar-refractivity contribution is 9.10. The van der Waals surface area contributed by atoms with Crippen molar-refractivity contribution in [2.24, 2.45) is 0 Å². The third-order valence-electron chi connectivity index (χ3n) is 2.85. The van der Waals surface area contributed by atoms with Crippen LogP contribution in [0, 0.1) is 24.0 Å². The molecule has 2 aromatic rings. The first-order valence-corrected chi connectivity index (χ1v) is 6.67. The number of anilines is 1.